The number of halogens is 1. The molecule has 0 aliphatic heterocycles. The number of carboxylic acids is 1. The van der Waals surface area contributed by atoms with E-state index in [9.17, 15) is 29.1 Å². The van der Waals surface area contributed by atoms with Gasteiger partial charge >= 0.3 is 24.1 Å². The molecule has 5 N–H and O–H groups in total. The van der Waals surface area contributed by atoms with Crippen LogP contribution >= 0.6 is 11.6 Å². The topological polar surface area (TPSA) is 199 Å². The van der Waals surface area contributed by atoms with Crippen LogP contribution in [0.3, 0.4) is 0 Å². The molecule has 3 rings (SSSR count). The second-order valence-corrected chi connectivity index (χ2v) is 14.0. The maximum Gasteiger partial charge on any atom is 0.431 e. The average Bonchev–Trinajstić information content (AvgIpc) is 3.04. The number of rotatable bonds is 11. The lowest BCUT2D eigenvalue weighted by Gasteiger charge is -2.26. The zero-order valence-electron chi connectivity index (χ0n) is 29.9. The first kappa shape index (κ1) is 41.0. The average molecular weight is 738 g/mol. The van der Waals surface area contributed by atoms with Crippen molar-refractivity contribution in [2.45, 2.75) is 84.5 Å². The Morgan fingerprint density at radius 2 is 1.54 bits per heavy atom. The van der Waals surface area contributed by atoms with Crippen LogP contribution in [0, 0.1) is 0 Å². The first-order valence-electron chi connectivity index (χ1n) is 16.3. The van der Waals surface area contributed by atoms with Crippen molar-refractivity contribution in [1.82, 2.24) is 15.6 Å². The number of hydrazine groups is 1. The zero-order valence-corrected chi connectivity index (χ0v) is 30.7. The Kier molecular flexibility index (Phi) is 14.3. The summed E-state index contributed by atoms with van der Waals surface area (Å²) in [5.41, 5.74) is 0.171. The number of carbonyl (C=O) groups is 5. The first-order chi connectivity index (χ1) is 24.3. The van der Waals surface area contributed by atoms with Crippen molar-refractivity contribution in [3.63, 3.8) is 0 Å². The van der Waals surface area contributed by atoms with Crippen molar-refractivity contribution in [1.29, 1.82) is 0 Å². The largest absolute Gasteiger partial charge is 0.480 e. The first-order valence-corrected chi connectivity index (χ1v) is 16.7. The van der Waals surface area contributed by atoms with Gasteiger partial charge in [-0.05, 0) is 102 Å². The van der Waals surface area contributed by atoms with Crippen molar-refractivity contribution in [3.8, 4) is 5.75 Å². The van der Waals surface area contributed by atoms with Gasteiger partial charge < -0.3 is 24.6 Å². The minimum atomic E-state index is -1.12. The van der Waals surface area contributed by atoms with Crippen molar-refractivity contribution >= 4 is 53.3 Å². The Morgan fingerprint density at radius 1 is 0.904 bits per heavy atom. The third kappa shape index (κ3) is 14.0. The van der Waals surface area contributed by atoms with E-state index >= 15 is 0 Å². The number of hydrogen-bond donors (Lipinski definition) is 4. The Balaban J connectivity index is 1.61. The number of amides is 3. The zero-order chi connectivity index (χ0) is 38.6. The van der Waals surface area contributed by atoms with Gasteiger partial charge in [-0.1, -0.05) is 48.0 Å². The lowest BCUT2D eigenvalue weighted by molar-refractivity contribution is -0.141. The van der Waals surface area contributed by atoms with Crippen LogP contribution in [0.5, 0.6) is 5.75 Å². The lowest BCUT2D eigenvalue weighted by atomic mass is 10.0. The fraction of sp³-hybridized carbons (Fsp3) is 0.351. The molecule has 0 saturated heterocycles. The number of nitrogens with two attached hydrogens (primary N) is 1. The van der Waals surface area contributed by atoms with Gasteiger partial charge in [0.05, 0.1) is 11.3 Å². The van der Waals surface area contributed by atoms with E-state index in [1.807, 2.05) is 6.07 Å². The lowest BCUT2D eigenvalue weighted by Crippen LogP contribution is -2.53. The van der Waals surface area contributed by atoms with Gasteiger partial charge in [-0.15, -0.1) is 0 Å². The molecule has 0 spiro atoms. The van der Waals surface area contributed by atoms with Crippen molar-refractivity contribution < 1.29 is 43.3 Å². The van der Waals surface area contributed by atoms with Gasteiger partial charge in [0.1, 0.15) is 23.0 Å². The third-order valence-corrected chi connectivity index (χ3v) is 7.12. The van der Waals surface area contributed by atoms with Crippen LogP contribution in [0.2, 0.25) is 5.02 Å². The van der Waals surface area contributed by atoms with E-state index in [4.69, 9.17) is 31.7 Å². The quantitative estimate of drug-likeness (QED) is 0.0329. The highest BCUT2D eigenvalue weighted by Gasteiger charge is 2.27. The van der Waals surface area contributed by atoms with E-state index in [0.29, 0.717) is 28.4 Å². The number of nitrogens with one attached hydrogen (secondary N) is 2. The summed E-state index contributed by atoms with van der Waals surface area (Å²) in [6.07, 6.45) is -0.799. The van der Waals surface area contributed by atoms with Gasteiger partial charge in [-0.3, -0.25) is 10.1 Å². The molecule has 0 bridgehead atoms. The highest BCUT2D eigenvalue weighted by atomic mass is 35.5. The molecule has 0 saturated carbocycles. The highest BCUT2D eigenvalue weighted by Crippen LogP contribution is 2.25. The third-order valence-electron chi connectivity index (χ3n) is 6.77. The van der Waals surface area contributed by atoms with E-state index in [0.717, 1.165) is 5.56 Å². The molecule has 3 aromatic carbocycles. The molecule has 52 heavy (non-hydrogen) atoms. The number of ether oxygens (including phenoxy) is 3. The number of hydrogen-bond acceptors (Lipinski definition) is 10. The van der Waals surface area contributed by atoms with E-state index in [1.54, 1.807) is 77.9 Å². The smallest absolute Gasteiger partial charge is 0.431 e. The second-order valence-electron chi connectivity index (χ2n) is 13.6. The summed E-state index contributed by atoms with van der Waals surface area (Å²) in [7, 11) is 0. The molecule has 0 radical (unpaired) electrons. The fourth-order valence-electron chi connectivity index (χ4n) is 4.44. The van der Waals surface area contributed by atoms with Crippen LogP contribution in [0.25, 0.3) is 0 Å². The van der Waals surface area contributed by atoms with Gasteiger partial charge in [0.25, 0.3) is 0 Å². The molecule has 0 heterocycles. The Labute approximate surface area is 307 Å². The van der Waals surface area contributed by atoms with Gasteiger partial charge in [0.15, 0.2) is 0 Å². The summed E-state index contributed by atoms with van der Waals surface area (Å²) in [4.78, 5) is 66.4. The molecule has 14 nitrogen and oxygen atoms in total. The molecule has 0 aliphatic rings. The summed E-state index contributed by atoms with van der Waals surface area (Å²) in [5.74, 6) is 3.54. The SMILES string of the molecule is CC(C)(C)OC(=O)NC(=Nc1ccc(C(=O)Oc2ccc(CCCC(=O)N[C@@H](Cc3ccccc3)C(=O)O)c(Cl)c2)cc1)N(N)C(=O)OC(C)(C)C. The van der Waals surface area contributed by atoms with E-state index in [-0.39, 0.29) is 41.7 Å². The molecule has 15 heteroatoms. The van der Waals surface area contributed by atoms with Crippen LogP contribution in [-0.4, -0.2) is 63.4 Å². The monoisotopic (exact) mass is 737 g/mol. The summed E-state index contributed by atoms with van der Waals surface area (Å²) in [6, 6.07) is 18.5. The molecule has 0 aromatic heterocycles. The van der Waals surface area contributed by atoms with Crippen LogP contribution in [0.1, 0.15) is 75.9 Å². The Bertz CT molecular complexity index is 1770. The van der Waals surface area contributed by atoms with E-state index in [2.05, 4.69) is 15.6 Å². The fourth-order valence-corrected chi connectivity index (χ4v) is 4.71. The van der Waals surface area contributed by atoms with E-state index in [1.165, 1.54) is 30.3 Å². The molecular weight excluding hydrogens is 694 g/mol. The number of aryl methyl sites for hydroxylation is 1. The predicted molar refractivity (Wildman–Crippen MR) is 194 cm³/mol. The molecule has 0 unspecified atom stereocenters. The Hall–Kier alpha value is -5.47. The van der Waals surface area contributed by atoms with Crippen LogP contribution in [0.4, 0.5) is 15.3 Å². The molecular formula is C37H44ClN5O9. The summed E-state index contributed by atoms with van der Waals surface area (Å²) in [5, 5.41) is 15.3. The number of alkyl carbamates (subject to hydrolysis) is 1. The summed E-state index contributed by atoms with van der Waals surface area (Å²) < 4.78 is 16.0. The highest BCUT2D eigenvalue weighted by molar-refractivity contribution is 6.31. The number of carbonyl (C=O) groups excluding carboxylic acids is 4. The maximum atomic E-state index is 12.9. The van der Waals surface area contributed by atoms with E-state index < -0.39 is 41.4 Å². The van der Waals surface area contributed by atoms with Crippen molar-refractivity contribution in [3.05, 3.63) is 94.5 Å². The number of esters is 1. The molecule has 0 fully saturated rings. The van der Waals surface area contributed by atoms with Crippen LogP contribution in [-0.2, 0) is 31.9 Å². The molecule has 3 amide bonds. The number of carboxylic acid groups (broad SMARTS) is 1. The van der Waals surface area contributed by atoms with Crippen LogP contribution < -0.4 is 21.2 Å². The number of nitrogens with zero attached hydrogens (tertiary/aromatic N) is 2. The minimum Gasteiger partial charge on any atom is -0.480 e. The number of aliphatic imine (C=N–C) groups is 1. The summed E-state index contributed by atoms with van der Waals surface area (Å²) in [6.45, 7) is 9.93. The second kappa shape index (κ2) is 18.1. The van der Waals surface area contributed by atoms with Gasteiger partial charge in [-0.2, -0.15) is 5.01 Å². The Morgan fingerprint density at radius 3 is 2.12 bits per heavy atom. The molecule has 3 aromatic rings. The minimum absolute atomic E-state index is 0.0918. The van der Waals surface area contributed by atoms with Crippen LogP contribution in [0.15, 0.2) is 77.8 Å². The summed E-state index contributed by atoms with van der Waals surface area (Å²) >= 11 is 6.44. The van der Waals surface area contributed by atoms with Gasteiger partial charge in [0.2, 0.25) is 11.9 Å². The van der Waals surface area contributed by atoms with Gasteiger partial charge in [-0.25, -0.2) is 30.0 Å². The molecule has 1 atom stereocenters. The number of benzene rings is 3. The standard InChI is InChI=1S/C37H44ClN5O9/c1-36(2,3)51-34(48)42-33(43(39)35(49)52-37(4,5)6)40-26-18-15-25(16-19-26)32(47)50-27-20-17-24(28(38)22-27)13-10-14-30(44)41-29(31(45)46)21-23-11-8-7-9-12-23/h7-9,11-12,15-20,22,29H,10,13-14,21,39H2,1-6H3,(H,41,44)(H,45,46)(H,40,42,48)/t29-/m0/s1. The number of guanidine groups is 1. The van der Waals surface area contributed by atoms with Gasteiger partial charge in [0, 0.05) is 17.9 Å². The maximum absolute atomic E-state index is 12.9. The predicted octanol–water partition coefficient (Wildman–Crippen LogP) is 6.32. The normalized spacial score (nSPS) is 12.3. The van der Waals surface area contributed by atoms with Crippen molar-refractivity contribution in [2.24, 2.45) is 10.8 Å². The number of aliphatic carboxylic acids is 1. The molecule has 278 valence electrons. The molecule has 0 aliphatic carbocycles. The van der Waals surface area contributed by atoms with Crippen molar-refractivity contribution in [2.75, 3.05) is 0 Å².